The van der Waals surface area contributed by atoms with E-state index < -0.39 is 13.2 Å². The quantitative estimate of drug-likeness (QED) is 0.409. The van der Waals surface area contributed by atoms with Gasteiger partial charge in [0, 0.05) is 19.0 Å². The summed E-state index contributed by atoms with van der Waals surface area (Å²) in [6.45, 7) is 8.96. The molecule has 2 aliphatic rings. The third kappa shape index (κ3) is 6.42. The zero-order valence-electron chi connectivity index (χ0n) is 19.5. The molecule has 2 fully saturated rings. The Bertz CT molecular complexity index is 786. The molecule has 2 atom stereocenters. The lowest BCUT2D eigenvalue weighted by atomic mass is 9.79. The van der Waals surface area contributed by atoms with Gasteiger partial charge in [-0.15, -0.1) is 0 Å². The number of rotatable bonds is 8. The second-order valence-electron chi connectivity index (χ2n) is 9.70. The Morgan fingerprint density at radius 2 is 1.78 bits per heavy atom. The number of alkyl carbamates (subject to hydrolysis) is 1. The van der Waals surface area contributed by atoms with Crippen LogP contribution in [0, 0.1) is 5.92 Å². The summed E-state index contributed by atoms with van der Waals surface area (Å²) in [5, 5.41) is 5.87. The maximum atomic E-state index is 12.2. The van der Waals surface area contributed by atoms with Crippen LogP contribution in [0.1, 0.15) is 58.9 Å². The maximum absolute atomic E-state index is 12.2. The third-order valence-corrected chi connectivity index (χ3v) is 6.89. The first-order valence-corrected chi connectivity index (χ1v) is 12.0. The van der Waals surface area contributed by atoms with Gasteiger partial charge in [-0.2, -0.15) is 12.6 Å². The molecule has 1 aromatic rings. The van der Waals surface area contributed by atoms with Crippen LogP contribution in [-0.4, -0.2) is 48.7 Å². The number of ether oxygens (including phenoxy) is 1. The Morgan fingerprint density at radius 1 is 1.12 bits per heavy atom. The van der Waals surface area contributed by atoms with Crippen LogP contribution in [0.25, 0.3) is 0 Å². The van der Waals surface area contributed by atoms with Crippen molar-refractivity contribution in [1.29, 1.82) is 0 Å². The maximum Gasteiger partial charge on any atom is 0.494 e. The van der Waals surface area contributed by atoms with Crippen molar-refractivity contribution < 1.29 is 23.6 Å². The summed E-state index contributed by atoms with van der Waals surface area (Å²) in [6, 6.07) is 7.82. The highest BCUT2D eigenvalue weighted by atomic mass is 32.1. The second-order valence-corrected chi connectivity index (χ2v) is 10.2. The summed E-state index contributed by atoms with van der Waals surface area (Å²) in [7, 11) is -0.406. The Labute approximate surface area is 196 Å². The molecule has 2 N–H and O–H groups in total. The topological polar surface area (TPSA) is 85.9 Å². The van der Waals surface area contributed by atoms with Gasteiger partial charge < -0.3 is 24.7 Å². The first-order chi connectivity index (χ1) is 15.1. The highest BCUT2D eigenvalue weighted by Crippen LogP contribution is 2.36. The average molecular weight is 462 g/mol. The molecular formula is C23H35BN2O5S. The zero-order chi connectivity index (χ0) is 23.4. The molecule has 32 heavy (non-hydrogen) atoms. The molecule has 1 aliphatic carbocycles. The average Bonchev–Trinajstić information content (AvgIpc) is 3.26. The molecule has 1 saturated heterocycles. The van der Waals surface area contributed by atoms with Crippen LogP contribution in [0.3, 0.4) is 0 Å². The summed E-state index contributed by atoms with van der Waals surface area (Å²) in [5.74, 6) is 0.959. The van der Waals surface area contributed by atoms with E-state index >= 15 is 0 Å². The molecule has 0 bridgehead atoms. The van der Waals surface area contributed by atoms with E-state index in [0.29, 0.717) is 24.6 Å². The van der Waals surface area contributed by atoms with Crippen LogP contribution < -0.4 is 16.1 Å². The molecule has 2 amide bonds. The van der Waals surface area contributed by atoms with Crippen molar-refractivity contribution in [3.8, 4) is 0 Å². The van der Waals surface area contributed by atoms with Gasteiger partial charge in [0.05, 0.1) is 11.2 Å². The van der Waals surface area contributed by atoms with E-state index in [1.54, 1.807) is 0 Å². The van der Waals surface area contributed by atoms with Crippen molar-refractivity contribution >= 4 is 37.2 Å². The molecule has 3 rings (SSSR count). The van der Waals surface area contributed by atoms with Crippen molar-refractivity contribution in [2.24, 2.45) is 5.92 Å². The lowest BCUT2D eigenvalue weighted by molar-refractivity contribution is -0.120. The van der Waals surface area contributed by atoms with Crippen LogP contribution >= 0.6 is 12.6 Å². The fourth-order valence-electron chi connectivity index (χ4n) is 3.95. The van der Waals surface area contributed by atoms with Gasteiger partial charge in [0.15, 0.2) is 0 Å². The normalized spacial score (nSPS) is 23.7. The van der Waals surface area contributed by atoms with Crippen molar-refractivity contribution in [3.63, 3.8) is 0 Å². The molecule has 1 heterocycles. The number of nitrogens with one attached hydrogen (secondary N) is 2. The summed E-state index contributed by atoms with van der Waals surface area (Å²) < 4.78 is 17.5. The molecule has 2 unspecified atom stereocenters. The lowest BCUT2D eigenvalue weighted by Crippen LogP contribution is -2.41. The van der Waals surface area contributed by atoms with E-state index in [0.717, 1.165) is 30.3 Å². The van der Waals surface area contributed by atoms with Gasteiger partial charge in [0.25, 0.3) is 0 Å². The first kappa shape index (κ1) is 24.9. The molecule has 0 spiro atoms. The lowest BCUT2D eigenvalue weighted by Gasteiger charge is -2.32. The smallest absolute Gasteiger partial charge is 0.445 e. The van der Waals surface area contributed by atoms with Crippen molar-refractivity contribution in [1.82, 2.24) is 10.6 Å². The van der Waals surface area contributed by atoms with E-state index in [9.17, 15) is 9.59 Å². The van der Waals surface area contributed by atoms with Gasteiger partial charge in [-0.1, -0.05) is 24.3 Å². The predicted octanol–water partition coefficient (Wildman–Crippen LogP) is 2.82. The number of carbonyl (C=O) groups is 2. The van der Waals surface area contributed by atoms with Crippen molar-refractivity contribution in [3.05, 3.63) is 29.8 Å². The molecule has 0 radical (unpaired) electrons. The fraction of sp³-hybridized carbons (Fsp3) is 0.652. The molecule has 1 aliphatic heterocycles. The predicted molar refractivity (Wildman–Crippen MR) is 128 cm³/mol. The van der Waals surface area contributed by atoms with Crippen LogP contribution in [0.2, 0.25) is 0 Å². The van der Waals surface area contributed by atoms with E-state index in [1.165, 1.54) is 0 Å². The van der Waals surface area contributed by atoms with Gasteiger partial charge in [-0.05, 0) is 69.7 Å². The third-order valence-electron chi connectivity index (χ3n) is 6.67. The van der Waals surface area contributed by atoms with Gasteiger partial charge in [-0.25, -0.2) is 4.79 Å². The minimum absolute atomic E-state index is 0.0281. The molecular weight excluding hydrogens is 427 g/mol. The largest absolute Gasteiger partial charge is 0.494 e. The Morgan fingerprint density at radius 3 is 2.41 bits per heavy atom. The van der Waals surface area contributed by atoms with Gasteiger partial charge in [0.2, 0.25) is 5.91 Å². The molecule has 1 saturated carbocycles. The number of carbonyl (C=O) groups excluding carboxylic acids is 2. The first-order valence-electron chi connectivity index (χ1n) is 11.3. The van der Waals surface area contributed by atoms with Crippen LogP contribution in [0.5, 0.6) is 0 Å². The Hall–Kier alpha value is -1.71. The highest BCUT2D eigenvalue weighted by molar-refractivity contribution is 7.80. The van der Waals surface area contributed by atoms with Crippen LogP contribution in [0.4, 0.5) is 4.79 Å². The minimum atomic E-state index is -0.412. The SMILES string of the molecule is CC1(C)OB(c2ccc(COC(=O)NC3CCC(CNC(=O)CCS)C3)cc2)OC1(C)C. The van der Waals surface area contributed by atoms with Crippen molar-refractivity contribution in [2.75, 3.05) is 12.3 Å². The van der Waals surface area contributed by atoms with Gasteiger partial charge >= 0.3 is 13.2 Å². The summed E-state index contributed by atoms with van der Waals surface area (Å²) >= 11 is 4.07. The molecule has 1 aromatic carbocycles. The second kappa shape index (κ2) is 10.5. The summed E-state index contributed by atoms with van der Waals surface area (Å²) in [6.07, 6.45) is 2.74. The monoisotopic (exact) mass is 462 g/mol. The van der Waals surface area contributed by atoms with E-state index in [-0.39, 0.29) is 29.8 Å². The number of thiol groups is 1. The molecule has 9 heteroatoms. The number of amides is 2. The van der Waals surface area contributed by atoms with E-state index in [2.05, 4.69) is 23.3 Å². The number of benzene rings is 1. The number of hydrogen-bond donors (Lipinski definition) is 3. The van der Waals surface area contributed by atoms with Crippen molar-refractivity contribution in [2.45, 2.75) is 77.2 Å². The van der Waals surface area contributed by atoms with Crippen LogP contribution in [0.15, 0.2) is 24.3 Å². The van der Waals surface area contributed by atoms with E-state index in [1.807, 2.05) is 52.0 Å². The highest BCUT2D eigenvalue weighted by Gasteiger charge is 2.51. The molecule has 176 valence electrons. The van der Waals surface area contributed by atoms with Crippen LogP contribution in [-0.2, 0) is 25.4 Å². The van der Waals surface area contributed by atoms with Gasteiger partial charge in [0.1, 0.15) is 6.61 Å². The summed E-state index contributed by atoms with van der Waals surface area (Å²) in [4.78, 5) is 23.8. The fourth-order valence-corrected chi connectivity index (χ4v) is 4.15. The minimum Gasteiger partial charge on any atom is -0.445 e. The van der Waals surface area contributed by atoms with Gasteiger partial charge in [-0.3, -0.25) is 4.79 Å². The standard InChI is InChI=1S/C23H35BN2O5S/c1-22(2)23(3,4)31-24(30-22)18-8-5-16(6-9-18)15-29-21(28)26-19-10-7-17(13-19)14-25-20(27)11-12-32/h5-6,8-9,17,19,32H,7,10-15H2,1-4H3,(H,25,27)(H,26,28). The van der Waals surface area contributed by atoms with E-state index in [4.69, 9.17) is 14.0 Å². The Balaban J connectivity index is 1.39. The Kier molecular flexibility index (Phi) is 8.17. The molecule has 7 nitrogen and oxygen atoms in total. The summed E-state index contributed by atoms with van der Waals surface area (Å²) in [5.41, 5.74) is 1.08. The number of hydrogen-bond acceptors (Lipinski definition) is 6. The zero-order valence-corrected chi connectivity index (χ0v) is 20.4. The molecule has 0 aromatic heterocycles.